The highest BCUT2D eigenvalue weighted by atomic mass is 31.2. The molecule has 8 nitrogen and oxygen atoms in total. The second-order valence-electron chi connectivity index (χ2n) is 9.48. The topological polar surface area (TPSA) is 111 Å². The molecule has 0 aromatic rings. The van der Waals surface area contributed by atoms with Gasteiger partial charge in [-0.3, -0.25) is 24.3 Å². The highest BCUT2D eigenvalue weighted by Crippen LogP contribution is 2.49. The summed E-state index contributed by atoms with van der Waals surface area (Å²) in [6.45, 7) is 7.22. The Balaban J connectivity index is 3.96. The molecule has 0 fully saturated rings. The standard InChI is InChI=1S/C27H53N2O6P/c1-4-7-10-11-12-13-14-15-16-17-18-19-21-28-26(31)27(32)29-25(30)20-24-36(33,34-22-8-5-2)35-23-9-6-3/h4-24H2,1-3H3,(H,28,31)(H,29,30,32). The molecule has 0 unspecified atom stereocenters. The average molecular weight is 533 g/mol. The van der Waals surface area contributed by atoms with Crippen LogP contribution < -0.4 is 10.6 Å². The highest BCUT2D eigenvalue weighted by Gasteiger charge is 2.26. The van der Waals surface area contributed by atoms with Crippen LogP contribution in [-0.4, -0.2) is 43.6 Å². The number of imide groups is 1. The van der Waals surface area contributed by atoms with Crippen molar-refractivity contribution in [3.05, 3.63) is 0 Å². The third-order valence-corrected chi connectivity index (χ3v) is 7.88. The number of nitrogens with one attached hydrogen (secondary N) is 2. The summed E-state index contributed by atoms with van der Waals surface area (Å²) < 4.78 is 23.7. The van der Waals surface area contributed by atoms with Gasteiger partial charge < -0.3 is 14.4 Å². The summed E-state index contributed by atoms with van der Waals surface area (Å²) in [5.41, 5.74) is 0. The number of hydrogen-bond donors (Lipinski definition) is 2. The van der Waals surface area contributed by atoms with Gasteiger partial charge in [-0.15, -0.1) is 0 Å². The molecular weight excluding hydrogens is 479 g/mol. The lowest BCUT2D eigenvalue weighted by atomic mass is 10.1. The lowest BCUT2D eigenvalue weighted by molar-refractivity contribution is -0.142. The molecule has 2 N–H and O–H groups in total. The van der Waals surface area contributed by atoms with Gasteiger partial charge in [0.2, 0.25) is 5.91 Å². The first-order valence-corrected chi connectivity index (χ1v) is 16.1. The molecule has 36 heavy (non-hydrogen) atoms. The minimum Gasteiger partial charge on any atom is -0.348 e. The number of amides is 3. The minimum atomic E-state index is -3.42. The van der Waals surface area contributed by atoms with Crippen molar-refractivity contribution in [1.29, 1.82) is 0 Å². The summed E-state index contributed by atoms with van der Waals surface area (Å²) in [6, 6.07) is 0. The lowest BCUT2D eigenvalue weighted by Gasteiger charge is -2.18. The van der Waals surface area contributed by atoms with E-state index < -0.39 is 25.3 Å². The Hall–Kier alpha value is -1.24. The van der Waals surface area contributed by atoms with Gasteiger partial charge in [0.15, 0.2) is 0 Å². The van der Waals surface area contributed by atoms with Crippen molar-refractivity contribution >= 4 is 25.3 Å². The van der Waals surface area contributed by atoms with E-state index in [1.54, 1.807) is 0 Å². The summed E-state index contributed by atoms with van der Waals surface area (Å²) in [7, 11) is -3.42. The SMILES string of the molecule is CCCCCCCCCCCCCCNC(=O)C(=O)NC(=O)CCP(=O)(OCCCC)OCCCC. The number of hydrogen-bond acceptors (Lipinski definition) is 6. The average Bonchev–Trinajstić information content (AvgIpc) is 2.86. The monoisotopic (exact) mass is 532 g/mol. The van der Waals surface area contributed by atoms with E-state index in [0.29, 0.717) is 19.8 Å². The maximum atomic E-state index is 12.8. The van der Waals surface area contributed by atoms with Crippen molar-refractivity contribution in [2.24, 2.45) is 0 Å². The molecule has 0 bridgehead atoms. The van der Waals surface area contributed by atoms with Gasteiger partial charge in [-0.1, -0.05) is 104 Å². The van der Waals surface area contributed by atoms with Crippen LogP contribution in [0.2, 0.25) is 0 Å². The van der Waals surface area contributed by atoms with Gasteiger partial charge in [-0.25, -0.2) is 0 Å². The quantitative estimate of drug-likeness (QED) is 0.0817. The van der Waals surface area contributed by atoms with Crippen LogP contribution >= 0.6 is 7.60 Å². The number of carbonyl (C=O) groups is 3. The Morgan fingerprint density at radius 1 is 0.611 bits per heavy atom. The number of unbranched alkanes of at least 4 members (excludes halogenated alkanes) is 13. The molecule has 0 spiro atoms. The van der Waals surface area contributed by atoms with Crippen molar-refractivity contribution in [2.75, 3.05) is 25.9 Å². The van der Waals surface area contributed by atoms with Crippen LogP contribution in [0.3, 0.4) is 0 Å². The first-order chi connectivity index (χ1) is 17.4. The Bertz CT molecular complexity index is 615. The molecule has 0 saturated carbocycles. The van der Waals surface area contributed by atoms with Crippen molar-refractivity contribution < 1.29 is 28.0 Å². The molecule has 0 heterocycles. The molecule has 3 amide bonds. The van der Waals surface area contributed by atoms with E-state index in [2.05, 4.69) is 17.6 Å². The second kappa shape index (κ2) is 24.1. The van der Waals surface area contributed by atoms with Crippen molar-refractivity contribution in [3.8, 4) is 0 Å². The Labute approximate surface area is 220 Å². The predicted molar refractivity (Wildman–Crippen MR) is 146 cm³/mol. The largest absolute Gasteiger partial charge is 0.348 e. The van der Waals surface area contributed by atoms with E-state index in [0.717, 1.165) is 44.9 Å². The van der Waals surface area contributed by atoms with Crippen LogP contribution in [0.25, 0.3) is 0 Å². The fourth-order valence-corrected chi connectivity index (χ4v) is 5.22. The maximum absolute atomic E-state index is 12.8. The molecule has 0 atom stereocenters. The predicted octanol–water partition coefficient (Wildman–Crippen LogP) is 6.66. The fourth-order valence-electron chi connectivity index (χ4n) is 3.59. The molecule has 0 radical (unpaired) electrons. The van der Waals surface area contributed by atoms with Crippen LogP contribution in [0.4, 0.5) is 0 Å². The summed E-state index contributed by atoms with van der Waals surface area (Å²) >= 11 is 0. The Morgan fingerprint density at radius 2 is 1.06 bits per heavy atom. The third-order valence-electron chi connectivity index (χ3n) is 5.96. The van der Waals surface area contributed by atoms with E-state index in [1.165, 1.54) is 57.8 Å². The zero-order valence-electron chi connectivity index (χ0n) is 23.2. The maximum Gasteiger partial charge on any atom is 0.331 e. The summed E-state index contributed by atoms with van der Waals surface area (Å²) in [6.07, 6.45) is 17.6. The van der Waals surface area contributed by atoms with Gasteiger partial charge in [0, 0.05) is 13.0 Å². The van der Waals surface area contributed by atoms with Gasteiger partial charge in [0.1, 0.15) is 0 Å². The second-order valence-corrected chi connectivity index (χ2v) is 11.7. The molecule has 0 aliphatic heterocycles. The van der Waals surface area contributed by atoms with Crippen LogP contribution in [0.5, 0.6) is 0 Å². The molecular formula is C27H53N2O6P. The molecule has 0 saturated heterocycles. The van der Waals surface area contributed by atoms with Crippen molar-refractivity contribution in [3.63, 3.8) is 0 Å². The minimum absolute atomic E-state index is 0.125. The normalized spacial score (nSPS) is 11.4. The molecule has 0 aliphatic rings. The van der Waals surface area contributed by atoms with Crippen molar-refractivity contribution in [1.82, 2.24) is 10.6 Å². The highest BCUT2D eigenvalue weighted by molar-refractivity contribution is 7.53. The van der Waals surface area contributed by atoms with Crippen LogP contribution in [0, 0.1) is 0 Å². The lowest BCUT2D eigenvalue weighted by Crippen LogP contribution is -2.43. The Kier molecular flexibility index (Phi) is 23.3. The van der Waals surface area contributed by atoms with Gasteiger partial charge >= 0.3 is 19.4 Å². The summed E-state index contributed by atoms with van der Waals surface area (Å²) in [5.74, 6) is -2.49. The molecule has 0 rings (SSSR count). The Morgan fingerprint density at radius 3 is 1.53 bits per heavy atom. The van der Waals surface area contributed by atoms with E-state index in [9.17, 15) is 18.9 Å². The molecule has 0 aliphatic carbocycles. The van der Waals surface area contributed by atoms with Crippen molar-refractivity contribution in [2.45, 2.75) is 130 Å². The fraction of sp³-hybridized carbons (Fsp3) is 0.889. The summed E-state index contributed by atoms with van der Waals surface area (Å²) in [5, 5.41) is 4.62. The zero-order valence-corrected chi connectivity index (χ0v) is 24.1. The summed E-state index contributed by atoms with van der Waals surface area (Å²) in [4.78, 5) is 36.0. The molecule has 0 aromatic heterocycles. The zero-order chi connectivity index (χ0) is 26.9. The van der Waals surface area contributed by atoms with Gasteiger partial charge in [-0.05, 0) is 19.3 Å². The van der Waals surface area contributed by atoms with E-state index >= 15 is 0 Å². The van der Waals surface area contributed by atoms with Crippen LogP contribution in [0.15, 0.2) is 0 Å². The van der Waals surface area contributed by atoms with Gasteiger partial charge in [0.05, 0.1) is 19.4 Å². The van der Waals surface area contributed by atoms with E-state index in [-0.39, 0.29) is 12.6 Å². The van der Waals surface area contributed by atoms with Gasteiger partial charge in [-0.2, -0.15) is 0 Å². The first-order valence-electron chi connectivity index (χ1n) is 14.4. The van der Waals surface area contributed by atoms with Crippen LogP contribution in [-0.2, 0) is 28.0 Å². The van der Waals surface area contributed by atoms with Gasteiger partial charge in [0.25, 0.3) is 0 Å². The number of rotatable bonds is 24. The van der Waals surface area contributed by atoms with E-state index in [1.807, 2.05) is 13.8 Å². The van der Waals surface area contributed by atoms with E-state index in [4.69, 9.17) is 9.05 Å². The number of carbonyl (C=O) groups excluding carboxylic acids is 3. The molecule has 212 valence electrons. The third kappa shape index (κ3) is 20.9. The molecule has 9 heteroatoms. The molecule has 0 aromatic carbocycles. The first kappa shape index (κ1) is 34.8. The smallest absolute Gasteiger partial charge is 0.331 e. The van der Waals surface area contributed by atoms with Crippen LogP contribution in [0.1, 0.15) is 130 Å².